The summed E-state index contributed by atoms with van der Waals surface area (Å²) in [4.78, 5) is 25.3. The molecule has 3 heterocycles. The number of ether oxygens (including phenoxy) is 1. The average Bonchev–Trinajstić information content (AvgIpc) is 3.46. The van der Waals surface area contributed by atoms with Crippen LogP contribution in [0.2, 0.25) is 0 Å². The predicted octanol–water partition coefficient (Wildman–Crippen LogP) is 4.71. The fraction of sp³-hybridized carbons (Fsp3) is 0.346. The molecule has 7 nitrogen and oxygen atoms in total. The van der Waals surface area contributed by atoms with Crippen molar-refractivity contribution in [3.8, 4) is 11.4 Å². The van der Waals surface area contributed by atoms with E-state index in [1.807, 2.05) is 35.9 Å². The van der Waals surface area contributed by atoms with Crippen molar-refractivity contribution in [2.24, 2.45) is 5.16 Å². The van der Waals surface area contributed by atoms with Gasteiger partial charge in [-0.25, -0.2) is 13.8 Å². The Hall–Kier alpha value is -3.75. The van der Waals surface area contributed by atoms with E-state index in [1.165, 1.54) is 12.1 Å². The lowest BCUT2D eigenvalue weighted by atomic mass is 9.84. The first-order valence-corrected chi connectivity index (χ1v) is 11.5. The molecule has 0 N–H and O–H groups in total. The minimum atomic E-state index is -1.12. The van der Waals surface area contributed by atoms with Crippen molar-refractivity contribution < 1.29 is 23.1 Å². The Morgan fingerprint density at radius 3 is 2.63 bits per heavy atom. The van der Waals surface area contributed by atoms with E-state index in [0.717, 1.165) is 23.0 Å². The molecule has 1 fully saturated rings. The van der Waals surface area contributed by atoms with E-state index in [-0.39, 0.29) is 5.91 Å². The molecule has 0 saturated carbocycles. The summed E-state index contributed by atoms with van der Waals surface area (Å²) in [6.45, 7) is 4.16. The third kappa shape index (κ3) is 4.15. The molecule has 35 heavy (non-hydrogen) atoms. The maximum atomic E-state index is 13.8. The highest BCUT2D eigenvalue weighted by Gasteiger charge is 2.51. The van der Waals surface area contributed by atoms with Crippen LogP contribution >= 0.6 is 0 Å². The summed E-state index contributed by atoms with van der Waals surface area (Å²) in [5.74, 6) is -0.923. The Labute approximate surface area is 202 Å². The van der Waals surface area contributed by atoms with Crippen LogP contribution in [-0.2, 0) is 9.63 Å². The molecule has 2 aliphatic heterocycles. The number of aromatic nitrogens is 2. The van der Waals surface area contributed by atoms with E-state index in [9.17, 15) is 13.6 Å². The third-order valence-corrected chi connectivity index (χ3v) is 6.75. The van der Waals surface area contributed by atoms with Crippen molar-refractivity contribution in [1.29, 1.82) is 0 Å². The fourth-order valence-electron chi connectivity index (χ4n) is 4.88. The van der Waals surface area contributed by atoms with Crippen LogP contribution in [0.3, 0.4) is 0 Å². The van der Waals surface area contributed by atoms with Crippen LogP contribution in [0.4, 0.5) is 8.78 Å². The highest BCUT2D eigenvalue weighted by molar-refractivity contribution is 6.06. The number of methoxy groups -OCH3 is 1. The molecule has 9 heteroatoms. The molecule has 0 bridgehead atoms. The van der Waals surface area contributed by atoms with Gasteiger partial charge in [-0.05, 0) is 50.1 Å². The van der Waals surface area contributed by atoms with Crippen LogP contribution in [0.1, 0.15) is 49.0 Å². The van der Waals surface area contributed by atoms with E-state index >= 15 is 0 Å². The Balaban J connectivity index is 1.38. The van der Waals surface area contributed by atoms with Gasteiger partial charge in [0.1, 0.15) is 17.4 Å². The number of likely N-dealkylation sites (tertiary alicyclic amines) is 1. The summed E-state index contributed by atoms with van der Waals surface area (Å²) in [6.07, 6.45) is 5.14. The lowest BCUT2D eigenvalue weighted by Gasteiger charge is -2.40. The van der Waals surface area contributed by atoms with Crippen LogP contribution in [-0.4, -0.2) is 45.3 Å². The monoisotopic (exact) mass is 480 g/mol. The maximum Gasteiger partial charge on any atom is 0.270 e. The normalized spacial score (nSPS) is 20.7. The number of hydrogen-bond donors (Lipinski definition) is 0. The van der Waals surface area contributed by atoms with E-state index < -0.39 is 23.3 Å². The number of hydrogen-bond acceptors (Lipinski definition) is 5. The van der Waals surface area contributed by atoms with Crippen molar-refractivity contribution >= 4 is 11.6 Å². The van der Waals surface area contributed by atoms with Gasteiger partial charge >= 0.3 is 0 Å². The molecule has 1 amide bonds. The number of carbonyl (C=O) groups excluding carboxylic acids is 1. The highest BCUT2D eigenvalue weighted by atomic mass is 19.1. The lowest BCUT2D eigenvalue weighted by Crippen LogP contribution is -2.54. The van der Waals surface area contributed by atoms with Crippen LogP contribution in [0, 0.1) is 18.6 Å². The number of halogens is 2. The number of carbonyl (C=O) groups is 1. The molecule has 2 unspecified atom stereocenters. The molecule has 1 saturated heterocycles. The number of imidazole rings is 1. The van der Waals surface area contributed by atoms with Gasteiger partial charge in [-0.15, -0.1) is 0 Å². The Bertz CT molecular complexity index is 1300. The number of oxime groups is 1. The molecule has 1 aromatic heterocycles. The Kier molecular flexibility index (Phi) is 5.78. The van der Waals surface area contributed by atoms with Crippen LogP contribution in [0.25, 0.3) is 5.69 Å². The van der Waals surface area contributed by atoms with Crippen molar-refractivity contribution in [3.63, 3.8) is 0 Å². The molecular formula is C26H26F2N4O3. The lowest BCUT2D eigenvalue weighted by molar-refractivity contribution is -0.164. The van der Waals surface area contributed by atoms with Gasteiger partial charge in [0.25, 0.3) is 5.91 Å². The molecule has 2 aliphatic rings. The number of rotatable bonds is 5. The molecule has 2 aromatic carbocycles. The van der Waals surface area contributed by atoms with Crippen molar-refractivity contribution in [2.75, 3.05) is 13.7 Å². The highest BCUT2D eigenvalue weighted by Crippen LogP contribution is 2.39. The van der Waals surface area contributed by atoms with Crippen molar-refractivity contribution in [3.05, 3.63) is 77.4 Å². The largest absolute Gasteiger partial charge is 0.495 e. The van der Waals surface area contributed by atoms with Gasteiger partial charge in [0.05, 0.1) is 36.6 Å². The van der Waals surface area contributed by atoms with Gasteiger partial charge in [-0.1, -0.05) is 11.2 Å². The minimum Gasteiger partial charge on any atom is -0.495 e. The maximum absolute atomic E-state index is 13.8. The topological polar surface area (TPSA) is 69.0 Å². The SMILES string of the molecule is COc1cc(C2=NOC3(CCCN(C(C)c4cc(F)cc(F)c4)C3=O)C2)ccc1-n1cnc(C)c1. The summed E-state index contributed by atoms with van der Waals surface area (Å²) < 4.78 is 35.1. The second-order valence-corrected chi connectivity index (χ2v) is 9.09. The van der Waals surface area contributed by atoms with Gasteiger partial charge in [0.15, 0.2) is 0 Å². The van der Waals surface area contributed by atoms with E-state index in [4.69, 9.17) is 9.57 Å². The van der Waals surface area contributed by atoms with E-state index in [0.29, 0.717) is 42.8 Å². The minimum absolute atomic E-state index is 0.225. The predicted molar refractivity (Wildman–Crippen MR) is 126 cm³/mol. The first-order chi connectivity index (χ1) is 16.8. The van der Waals surface area contributed by atoms with Crippen LogP contribution in [0.5, 0.6) is 5.75 Å². The van der Waals surface area contributed by atoms with Crippen LogP contribution < -0.4 is 4.74 Å². The van der Waals surface area contributed by atoms with Crippen molar-refractivity contribution in [1.82, 2.24) is 14.5 Å². The van der Waals surface area contributed by atoms with Crippen LogP contribution in [0.15, 0.2) is 54.1 Å². The molecule has 182 valence electrons. The summed E-state index contributed by atoms with van der Waals surface area (Å²) in [7, 11) is 1.60. The summed E-state index contributed by atoms with van der Waals surface area (Å²) in [5.41, 5.74) is 2.45. The number of aryl methyl sites for hydroxylation is 1. The quantitative estimate of drug-likeness (QED) is 0.530. The van der Waals surface area contributed by atoms with Gasteiger partial charge in [-0.3, -0.25) is 4.79 Å². The molecule has 5 rings (SSSR count). The fourth-order valence-corrected chi connectivity index (χ4v) is 4.88. The molecular weight excluding hydrogens is 454 g/mol. The van der Waals surface area contributed by atoms with Gasteiger partial charge in [0, 0.05) is 37.2 Å². The molecule has 0 radical (unpaired) electrons. The number of nitrogens with zero attached hydrogens (tertiary/aromatic N) is 4. The number of amides is 1. The smallest absolute Gasteiger partial charge is 0.270 e. The molecule has 3 aromatic rings. The zero-order chi connectivity index (χ0) is 24.7. The summed E-state index contributed by atoms with van der Waals surface area (Å²) in [5, 5.41) is 4.28. The average molecular weight is 481 g/mol. The van der Waals surface area contributed by atoms with E-state index in [1.54, 1.807) is 25.3 Å². The summed E-state index contributed by atoms with van der Waals surface area (Å²) >= 11 is 0. The zero-order valence-electron chi connectivity index (χ0n) is 19.8. The first kappa shape index (κ1) is 23.0. The first-order valence-electron chi connectivity index (χ1n) is 11.5. The second kappa shape index (κ2) is 8.79. The third-order valence-electron chi connectivity index (χ3n) is 6.75. The zero-order valence-corrected chi connectivity index (χ0v) is 19.8. The second-order valence-electron chi connectivity index (χ2n) is 9.09. The van der Waals surface area contributed by atoms with Crippen molar-refractivity contribution in [2.45, 2.75) is 44.8 Å². The molecule has 2 atom stereocenters. The molecule has 1 spiro atoms. The van der Waals surface area contributed by atoms with Gasteiger partial charge < -0.3 is 19.0 Å². The molecule has 0 aliphatic carbocycles. The standard InChI is InChI=1S/C26H26F2N4O3/c1-16-14-31(15-29-16)23-6-5-18(11-24(23)34-3)22-13-26(35-30-22)7-4-8-32(25(26)33)17(2)19-9-20(27)12-21(28)10-19/h5-6,9-12,14-15,17H,4,7-8,13H2,1-3H3. The Morgan fingerprint density at radius 2 is 1.94 bits per heavy atom. The number of benzene rings is 2. The summed E-state index contributed by atoms with van der Waals surface area (Å²) in [6, 6.07) is 8.54. The van der Waals surface area contributed by atoms with Gasteiger partial charge in [-0.2, -0.15) is 0 Å². The van der Waals surface area contributed by atoms with E-state index in [2.05, 4.69) is 10.1 Å². The van der Waals surface area contributed by atoms with Gasteiger partial charge in [0.2, 0.25) is 5.60 Å². The number of piperidine rings is 1. The Morgan fingerprint density at radius 1 is 1.17 bits per heavy atom.